The standard InChI is InChI=1S/C28H41ClN6O2.C10H19NO4/c1-27(2,17-30)26(37)33-24(16-21-8-10-23(29)11-9-21)25(36)34-14-12-28(13-15-34,18-35-20-31-19-32-35)22-6-4-3-5-7-22;1-9(2,3)15-8(14)11-6-10(4,5)7(12)13/h8-11,19-20,22,24H,3-7,12-18,30H2,1-2H3,(H,33,37);6H2,1-5H3,(H,11,14)(H,12,13)/t24-;/m1./s1. The lowest BCUT2D eigenvalue weighted by Crippen LogP contribution is -2.56. The number of likely N-dealkylation sites (tertiary alicyclic amines) is 1. The summed E-state index contributed by atoms with van der Waals surface area (Å²) in [5.74, 6) is -0.563. The highest BCUT2D eigenvalue weighted by molar-refractivity contribution is 6.30. The molecule has 1 saturated carbocycles. The van der Waals surface area contributed by atoms with Gasteiger partial charge in [0, 0.05) is 44.2 Å². The lowest BCUT2D eigenvalue weighted by molar-refractivity contribution is -0.146. The minimum atomic E-state index is -0.989. The molecule has 2 aromatic rings. The quantitative estimate of drug-likeness (QED) is 0.220. The summed E-state index contributed by atoms with van der Waals surface area (Å²) < 4.78 is 6.93. The number of piperidine rings is 1. The van der Waals surface area contributed by atoms with Crippen LogP contribution in [0, 0.1) is 22.2 Å². The lowest BCUT2D eigenvalue weighted by atomic mass is 9.63. The van der Waals surface area contributed by atoms with Crippen molar-refractivity contribution in [2.24, 2.45) is 27.9 Å². The molecule has 0 bridgehead atoms. The molecule has 1 aromatic heterocycles. The van der Waals surface area contributed by atoms with Crippen LogP contribution < -0.4 is 16.4 Å². The summed E-state index contributed by atoms with van der Waals surface area (Å²) in [4.78, 5) is 54.9. The summed E-state index contributed by atoms with van der Waals surface area (Å²) in [7, 11) is 0. The van der Waals surface area contributed by atoms with Gasteiger partial charge in [-0.1, -0.05) is 43.0 Å². The van der Waals surface area contributed by atoms with E-state index >= 15 is 0 Å². The number of ether oxygens (including phenoxy) is 1. The summed E-state index contributed by atoms with van der Waals surface area (Å²) >= 11 is 6.07. The molecule has 1 aliphatic heterocycles. The van der Waals surface area contributed by atoms with Gasteiger partial charge in [-0.2, -0.15) is 5.10 Å². The molecule has 13 nitrogen and oxygen atoms in total. The fraction of sp³-hybridized carbons (Fsp3) is 0.684. The normalized spacial score (nSPS) is 17.3. The number of nitrogens with zero attached hydrogens (tertiary/aromatic N) is 4. The van der Waals surface area contributed by atoms with Crippen molar-refractivity contribution >= 4 is 35.5 Å². The highest BCUT2D eigenvalue weighted by Gasteiger charge is 2.44. The third-order valence-corrected chi connectivity index (χ3v) is 10.5. The number of carboxylic acids is 1. The molecule has 2 heterocycles. The molecule has 52 heavy (non-hydrogen) atoms. The van der Waals surface area contributed by atoms with Gasteiger partial charge in [-0.25, -0.2) is 9.78 Å². The van der Waals surface area contributed by atoms with Crippen LogP contribution in [0.4, 0.5) is 4.79 Å². The van der Waals surface area contributed by atoms with Gasteiger partial charge in [0.1, 0.15) is 24.3 Å². The van der Waals surface area contributed by atoms with Crippen LogP contribution in [0.15, 0.2) is 36.9 Å². The van der Waals surface area contributed by atoms with E-state index < -0.39 is 34.5 Å². The monoisotopic (exact) mass is 745 g/mol. The van der Waals surface area contributed by atoms with E-state index in [0.29, 0.717) is 30.5 Å². The minimum absolute atomic E-state index is 0.0332. The van der Waals surface area contributed by atoms with Crippen molar-refractivity contribution in [2.45, 2.75) is 118 Å². The van der Waals surface area contributed by atoms with Crippen LogP contribution in [0.1, 0.15) is 99.0 Å². The van der Waals surface area contributed by atoms with Crippen molar-refractivity contribution in [3.63, 3.8) is 0 Å². The molecule has 14 heteroatoms. The SMILES string of the molecule is CC(C)(C)OC(=O)NCC(C)(C)C(=O)O.CC(C)(CN)C(=O)N[C@H](Cc1ccc(Cl)cc1)C(=O)N1CCC(Cn2cncn2)(C2CCCCC2)CC1. The predicted octanol–water partition coefficient (Wildman–Crippen LogP) is 5.45. The van der Waals surface area contributed by atoms with Crippen LogP contribution >= 0.6 is 11.6 Å². The Bertz CT molecular complexity index is 1460. The van der Waals surface area contributed by atoms with Crippen molar-refractivity contribution in [1.82, 2.24) is 30.3 Å². The molecule has 290 valence electrons. The maximum Gasteiger partial charge on any atom is 0.407 e. The zero-order valence-corrected chi connectivity index (χ0v) is 32.8. The highest BCUT2D eigenvalue weighted by Crippen LogP contribution is 2.47. The molecule has 1 saturated heterocycles. The van der Waals surface area contributed by atoms with Crippen LogP contribution in [0.25, 0.3) is 0 Å². The number of alkyl carbamates (subject to hydrolysis) is 1. The predicted molar refractivity (Wildman–Crippen MR) is 200 cm³/mol. The van der Waals surface area contributed by atoms with E-state index in [-0.39, 0.29) is 30.3 Å². The number of amides is 3. The molecule has 1 aromatic carbocycles. The Morgan fingerprint density at radius 2 is 1.62 bits per heavy atom. The van der Waals surface area contributed by atoms with Crippen molar-refractivity contribution in [3.05, 3.63) is 47.5 Å². The first kappa shape index (κ1) is 42.7. The molecule has 1 aliphatic carbocycles. The Morgan fingerprint density at radius 1 is 1.00 bits per heavy atom. The first-order valence-corrected chi connectivity index (χ1v) is 18.7. The average molecular weight is 746 g/mol. The number of nitrogens with one attached hydrogen (secondary N) is 2. The van der Waals surface area contributed by atoms with E-state index in [1.54, 1.807) is 47.3 Å². The minimum Gasteiger partial charge on any atom is -0.481 e. The number of halogens is 1. The van der Waals surface area contributed by atoms with Crippen molar-refractivity contribution < 1.29 is 29.0 Å². The number of hydrogen-bond donors (Lipinski definition) is 4. The lowest BCUT2D eigenvalue weighted by Gasteiger charge is -2.48. The first-order valence-electron chi connectivity index (χ1n) is 18.3. The van der Waals surface area contributed by atoms with Crippen molar-refractivity contribution in [3.8, 4) is 0 Å². The van der Waals surface area contributed by atoms with Gasteiger partial charge in [-0.05, 0) is 103 Å². The van der Waals surface area contributed by atoms with Crippen LogP contribution in [0.2, 0.25) is 5.02 Å². The number of aromatic nitrogens is 3. The Labute approximate surface area is 313 Å². The molecule has 3 amide bonds. The molecule has 2 aliphatic rings. The van der Waals surface area contributed by atoms with Gasteiger partial charge in [0.05, 0.1) is 10.8 Å². The Hall–Kier alpha value is -3.71. The van der Waals surface area contributed by atoms with E-state index in [4.69, 9.17) is 27.2 Å². The van der Waals surface area contributed by atoms with E-state index in [0.717, 1.165) is 24.9 Å². The van der Waals surface area contributed by atoms with Gasteiger partial charge in [-0.3, -0.25) is 19.1 Å². The Morgan fingerprint density at radius 3 is 2.13 bits per heavy atom. The van der Waals surface area contributed by atoms with Crippen LogP contribution in [0.3, 0.4) is 0 Å². The number of carboxylic acid groups (broad SMARTS) is 1. The Kier molecular flexibility index (Phi) is 15.1. The maximum absolute atomic E-state index is 13.9. The smallest absolute Gasteiger partial charge is 0.407 e. The van der Waals surface area contributed by atoms with E-state index in [1.165, 1.54) is 46.0 Å². The topological polar surface area (TPSA) is 182 Å². The van der Waals surface area contributed by atoms with Crippen molar-refractivity contribution in [1.29, 1.82) is 0 Å². The fourth-order valence-electron chi connectivity index (χ4n) is 6.63. The molecular formula is C38H60ClN7O6. The maximum atomic E-state index is 13.9. The number of carbonyl (C=O) groups is 4. The number of aliphatic carboxylic acids is 1. The molecule has 0 radical (unpaired) electrons. The van der Waals surface area contributed by atoms with Crippen molar-refractivity contribution in [2.75, 3.05) is 26.2 Å². The Balaban J connectivity index is 0.000000411. The average Bonchev–Trinajstić information content (AvgIpc) is 3.60. The summed E-state index contributed by atoms with van der Waals surface area (Å²) in [6.45, 7) is 14.3. The van der Waals surface area contributed by atoms with Gasteiger partial charge in [0.2, 0.25) is 11.8 Å². The van der Waals surface area contributed by atoms with Gasteiger partial charge < -0.3 is 31.1 Å². The van der Waals surface area contributed by atoms with Crippen LogP contribution in [-0.4, -0.2) is 86.5 Å². The third-order valence-electron chi connectivity index (χ3n) is 10.2. The largest absolute Gasteiger partial charge is 0.481 e. The number of benzene rings is 1. The second-order valence-electron chi connectivity index (χ2n) is 16.6. The van der Waals surface area contributed by atoms with Gasteiger partial charge in [0.25, 0.3) is 0 Å². The fourth-order valence-corrected chi connectivity index (χ4v) is 6.75. The van der Waals surface area contributed by atoms with Crippen LogP contribution in [0.5, 0.6) is 0 Å². The second kappa shape index (κ2) is 18.4. The summed E-state index contributed by atoms with van der Waals surface area (Å²) in [6, 6.07) is 6.79. The summed E-state index contributed by atoms with van der Waals surface area (Å²) in [6.07, 6.45) is 11.4. The zero-order chi connectivity index (χ0) is 38.7. The summed E-state index contributed by atoms with van der Waals surface area (Å²) in [5, 5.41) is 19.3. The third kappa shape index (κ3) is 12.8. The van der Waals surface area contributed by atoms with Gasteiger partial charge >= 0.3 is 12.1 Å². The van der Waals surface area contributed by atoms with Gasteiger partial charge in [0.15, 0.2) is 0 Å². The molecule has 0 unspecified atom stereocenters. The molecule has 2 fully saturated rings. The molecule has 5 N–H and O–H groups in total. The number of carbonyl (C=O) groups excluding carboxylic acids is 3. The molecular weight excluding hydrogens is 686 g/mol. The molecule has 1 atom stereocenters. The summed E-state index contributed by atoms with van der Waals surface area (Å²) in [5.41, 5.74) is 4.59. The number of hydrogen-bond acceptors (Lipinski definition) is 8. The van der Waals surface area contributed by atoms with E-state index in [9.17, 15) is 19.2 Å². The number of rotatable bonds is 12. The molecule has 4 rings (SSSR count). The second-order valence-corrected chi connectivity index (χ2v) is 17.0. The van der Waals surface area contributed by atoms with E-state index in [2.05, 4.69) is 20.7 Å². The van der Waals surface area contributed by atoms with Gasteiger partial charge in [-0.15, -0.1) is 0 Å². The van der Waals surface area contributed by atoms with Crippen LogP contribution in [-0.2, 0) is 32.1 Å². The zero-order valence-electron chi connectivity index (χ0n) is 32.0. The molecule has 0 spiro atoms. The number of nitrogens with two attached hydrogens (primary N) is 1. The first-order chi connectivity index (χ1) is 24.3. The highest BCUT2D eigenvalue weighted by atomic mass is 35.5. The van der Waals surface area contributed by atoms with E-state index in [1.807, 2.05) is 33.8 Å².